The van der Waals surface area contributed by atoms with Gasteiger partial charge in [0.15, 0.2) is 5.12 Å². The molecule has 0 aromatic rings. The van der Waals surface area contributed by atoms with Gasteiger partial charge in [0.2, 0.25) is 0 Å². The van der Waals surface area contributed by atoms with Gasteiger partial charge < -0.3 is 37.5 Å². The molecular weight excluding hydrogens is 851 g/mol. The second kappa shape index (κ2) is 54.9. The van der Waals surface area contributed by atoms with Gasteiger partial charge in [-0.1, -0.05) is 219 Å². The molecule has 0 saturated carbocycles. The molecule has 0 aromatic carbocycles. The Kier molecular flexibility index (Phi) is 54.8. The maximum atomic E-state index is 12.9. The zero-order chi connectivity index (χ0) is 47.3. The van der Waals surface area contributed by atoms with Crippen molar-refractivity contribution in [2.45, 2.75) is 258 Å². The SMILES string of the molecule is CCCCCCCCCCCCCCCCC(CO[Si](CCCSC(=O)CCCCCCCCCCCCCCC)(OCCOCCOCCCC)OCCOCCOCCCC)NC. The zero-order valence-electron chi connectivity index (χ0n) is 44.0. The number of carbonyl (C=O) groups excluding carboxylic acids is 1. The fourth-order valence-corrected chi connectivity index (χ4v) is 11.5. The fourth-order valence-electron chi connectivity index (χ4n) is 7.95. The number of ether oxygens (including phenoxy) is 4. The maximum Gasteiger partial charge on any atom is 0.501 e. The molecule has 0 fully saturated rings. The molecule has 1 atom stereocenters. The first-order valence-corrected chi connectivity index (χ1v) is 31.0. The van der Waals surface area contributed by atoms with Crippen LogP contribution >= 0.6 is 11.8 Å². The lowest BCUT2D eigenvalue weighted by Crippen LogP contribution is -2.50. The van der Waals surface area contributed by atoms with E-state index in [2.05, 4.69) is 33.0 Å². The van der Waals surface area contributed by atoms with Gasteiger partial charge in [0.05, 0.1) is 59.5 Å². The molecule has 65 heavy (non-hydrogen) atoms. The predicted molar refractivity (Wildman–Crippen MR) is 282 cm³/mol. The number of rotatable bonds is 57. The first kappa shape index (κ1) is 64.9. The van der Waals surface area contributed by atoms with E-state index in [1.807, 2.05) is 7.05 Å². The molecular formula is C54H111NO8SSi. The van der Waals surface area contributed by atoms with Crippen LogP contribution in [-0.2, 0) is 37.0 Å². The van der Waals surface area contributed by atoms with E-state index in [0.717, 1.165) is 70.3 Å². The number of carbonyl (C=O) groups is 1. The Balaban J connectivity index is 5.05. The van der Waals surface area contributed by atoms with Crippen molar-refractivity contribution in [3.05, 3.63) is 0 Å². The van der Waals surface area contributed by atoms with Gasteiger partial charge in [-0.3, -0.25) is 4.79 Å². The molecule has 1 N–H and O–H groups in total. The third kappa shape index (κ3) is 48.7. The summed E-state index contributed by atoms with van der Waals surface area (Å²) in [5.74, 6) is 0.744. The number of thioether (sulfide) groups is 1. The van der Waals surface area contributed by atoms with Crippen LogP contribution in [0.1, 0.15) is 246 Å². The molecule has 9 nitrogen and oxygen atoms in total. The summed E-state index contributed by atoms with van der Waals surface area (Å²) < 4.78 is 43.3. The Morgan fingerprint density at radius 2 is 0.769 bits per heavy atom. The van der Waals surface area contributed by atoms with Crippen LogP contribution in [0.15, 0.2) is 0 Å². The number of hydrogen-bond donors (Lipinski definition) is 1. The fraction of sp³-hybridized carbons (Fsp3) is 0.981. The lowest BCUT2D eigenvalue weighted by atomic mass is 10.0. The third-order valence-corrected chi connectivity index (χ3v) is 16.2. The Morgan fingerprint density at radius 1 is 0.415 bits per heavy atom. The zero-order valence-corrected chi connectivity index (χ0v) is 45.8. The van der Waals surface area contributed by atoms with Crippen molar-refractivity contribution in [2.24, 2.45) is 0 Å². The molecule has 1 unspecified atom stereocenters. The van der Waals surface area contributed by atoms with E-state index in [1.54, 1.807) is 0 Å². The average Bonchev–Trinajstić information content (AvgIpc) is 3.31. The summed E-state index contributed by atoms with van der Waals surface area (Å²) >= 11 is 1.47. The summed E-state index contributed by atoms with van der Waals surface area (Å²) in [6.07, 6.45) is 43.1. The third-order valence-electron chi connectivity index (χ3n) is 12.3. The number of hydrogen-bond acceptors (Lipinski definition) is 10. The largest absolute Gasteiger partial charge is 0.501 e. The van der Waals surface area contributed by atoms with Crippen molar-refractivity contribution in [3.8, 4) is 0 Å². The molecule has 0 bridgehead atoms. The molecule has 0 radical (unpaired) electrons. The van der Waals surface area contributed by atoms with Crippen LogP contribution in [0.4, 0.5) is 0 Å². The van der Waals surface area contributed by atoms with E-state index in [0.29, 0.717) is 77.0 Å². The summed E-state index contributed by atoms with van der Waals surface area (Å²) in [5, 5.41) is 3.83. The quantitative estimate of drug-likeness (QED) is 0.0469. The van der Waals surface area contributed by atoms with Crippen LogP contribution in [0, 0.1) is 0 Å². The molecule has 0 aromatic heterocycles. The smallest absolute Gasteiger partial charge is 0.379 e. The molecule has 0 rings (SSSR count). The van der Waals surface area contributed by atoms with Crippen molar-refractivity contribution < 1.29 is 37.0 Å². The van der Waals surface area contributed by atoms with Crippen LogP contribution < -0.4 is 5.32 Å². The van der Waals surface area contributed by atoms with Crippen molar-refractivity contribution >= 4 is 25.7 Å². The van der Waals surface area contributed by atoms with Gasteiger partial charge in [0.1, 0.15) is 0 Å². The minimum absolute atomic E-state index is 0.218. The highest BCUT2D eigenvalue weighted by Gasteiger charge is 2.41. The van der Waals surface area contributed by atoms with E-state index in [4.69, 9.17) is 32.2 Å². The molecule has 11 heteroatoms. The van der Waals surface area contributed by atoms with Crippen LogP contribution in [0.5, 0.6) is 0 Å². The van der Waals surface area contributed by atoms with Crippen molar-refractivity contribution in [2.75, 3.05) is 85.5 Å². The minimum Gasteiger partial charge on any atom is -0.379 e. The Bertz CT molecular complexity index is 902. The highest BCUT2D eigenvalue weighted by Crippen LogP contribution is 2.23. The Morgan fingerprint density at radius 3 is 1.17 bits per heavy atom. The van der Waals surface area contributed by atoms with Gasteiger partial charge >= 0.3 is 8.80 Å². The molecule has 0 aliphatic rings. The minimum atomic E-state index is -3.15. The number of likely N-dealkylation sites (N-methyl/N-ethyl adjacent to an activating group) is 1. The lowest BCUT2D eigenvalue weighted by molar-refractivity contribution is -0.111. The lowest BCUT2D eigenvalue weighted by Gasteiger charge is -2.31. The standard InChI is InChI=1S/C54H111NO8SSi/c1-6-10-14-16-18-20-22-24-26-27-29-31-33-35-38-53(55-5)52-63-65(61-48-46-59-44-42-57-40-12-8-3,62-49-47-60-45-43-58-41-13-9-4)51-37-50-64-54(56)39-36-34-32-30-28-25-23-21-19-17-15-11-7-2/h53,55H,6-52H2,1-5H3. The van der Waals surface area contributed by atoms with E-state index in [1.165, 1.54) is 172 Å². The molecule has 0 amide bonds. The first-order chi connectivity index (χ1) is 32.1. The Labute approximate surface area is 409 Å². The van der Waals surface area contributed by atoms with Gasteiger partial charge in [0.25, 0.3) is 0 Å². The van der Waals surface area contributed by atoms with Crippen molar-refractivity contribution in [3.63, 3.8) is 0 Å². The number of nitrogens with one attached hydrogen (secondary N) is 1. The van der Waals surface area contributed by atoms with Crippen LogP contribution in [0.3, 0.4) is 0 Å². The van der Waals surface area contributed by atoms with Crippen LogP contribution in [-0.4, -0.2) is 105 Å². The Hall–Kier alpha value is -0.0831. The van der Waals surface area contributed by atoms with Crippen molar-refractivity contribution in [1.82, 2.24) is 5.32 Å². The van der Waals surface area contributed by atoms with E-state index < -0.39 is 8.80 Å². The highest BCUT2D eigenvalue weighted by atomic mass is 32.2. The molecule has 0 aliphatic carbocycles. The van der Waals surface area contributed by atoms with Gasteiger partial charge in [-0.2, -0.15) is 0 Å². The molecule has 0 spiro atoms. The summed E-state index contributed by atoms with van der Waals surface area (Å²) in [6.45, 7) is 14.9. The second-order valence-electron chi connectivity index (χ2n) is 18.5. The van der Waals surface area contributed by atoms with Gasteiger partial charge in [0, 0.05) is 37.5 Å². The van der Waals surface area contributed by atoms with Gasteiger partial charge in [-0.25, -0.2) is 0 Å². The average molecular weight is 963 g/mol. The molecule has 390 valence electrons. The number of unbranched alkanes of at least 4 members (excludes halogenated alkanes) is 27. The topological polar surface area (TPSA) is 93.7 Å². The first-order valence-electron chi connectivity index (χ1n) is 28.1. The summed E-state index contributed by atoms with van der Waals surface area (Å²) in [7, 11) is -1.12. The summed E-state index contributed by atoms with van der Waals surface area (Å²) in [6, 6.07) is 0.873. The van der Waals surface area contributed by atoms with E-state index in [9.17, 15) is 4.79 Å². The van der Waals surface area contributed by atoms with Gasteiger partial charge in [-0.05, 0) is 39.2 Å². The monoisotopic (exact) mass is 962 g/mol. The van der Waals surface area contributed by atoms with Crippen molar-refractivity contribution in [1.29, 1.82) is 0 Å². The molecule has 0 saturated heterocycles. The highest BCUT2D eigenvalue weighted by molar-refractivity contribution is 8.13. The van der Waals surface area contributed by atoms with E-state index >= 15 is 0 Å². The predicted octanol–water partition coefficient (Wildman–Crippen LogP) is 15.2. The molecule has 0 aliphatic heterocycles. The maximum absolute atomic E-state index is 12.9. The summed E-state index contributed by atoms with van der Waals surface area (Å²) in [5.41, 5.74) is 0. The normalized spacial score (nSPS) is 12.4. The van der Waals surface area contributed by atoms with E-state index in [-0.39, 0.29) is 6.04 Å². The summed E-state index contributed by atoms with van der Waals surface area (Å²) in [4.78, 5) is 12.9. The molecule has 0 heterocycles. The van der Waals surface area contributed by atoms with Crippen LogP contribution in [0.25, 0.3) is 0 Å². The van der Waals surface area contributed by atoms with Crippen LogP contribution in [0.2, 0.25) is 6.04 Å². The second-order valence-corrected chi connectivity index (χ2v) is 22.4. The van der Waals surface area contributed by atoms with Gasteiger partial charge in [-0.15, -0.1) is 0 Å².